The third kappa shape index (κ3) is 6.97. The predicted molar refractivity (Wildman–Crippen MR) is 121 cm³/mol. The summed E-state index contributed by atoms with van der Waals surface area (Å²) in [5.41, 5.74) is 2.31. The number of guanidine groups is 1. The van der Waals surface area contributed by atoms with Gasteiger partial charge in [0.2, 0.25) is 0 Å². The Bertz CT molecular complexity index is 730. The van der Waals surface area contributed by atoms with Gasteiger partial charge in [-0.1, -0.05) is 12.1 Å². The first kappa shape index (κ1) is 22.5. The Balaban J connectivity index is 0.00000280. The van der Waals surface area contributed by atoms with Crippen molar-refractivity contribution in [2.45, 2.75) is 39.0 Å². The van der Waals surface area contributed by atoms with Gasteiger partial charge in [-0.3, -0.25) is 4.99 Å². The predicted octanol–water partition coefficient (Wildman–Crippen LogP) is 2.73. The minimum atomic E-state index is 0. The van der Waals surface area contributed by atoms with Crippen LogP contribution in [-0.2, 0) is 17.8 Å². The van der Waals surface area contributed by atoms with Gasteiger partial charge < -0.3 is 24.7 Å². The Labute approximate surface area is 184 Å². The minimum absolute atomic E-state index is 0. The molecule has 1 aromatic carbocycles. The molecule has 0 bridgehead atoms. The van der Waals surface area contributed by atoms with Crippen molar-refractivity contribution in [3.8, 4) is 5.75 Å². The van der Waals surface area contributed by atoms with Crippen LogP contribution in [0.2, 0.25) is 0 Å². The molecular weight excluding hydrogens is 469 g/mol. The maximum absolute atomic E-state index is 6.16. The normalized spacial score (nSPS) is 16.5. The van der Waals surface area contributed by atoms with Gasteiger partial charge in [0.1, 0.15) is 11.9 Å². The summed E-state index contributed by atoms with van der Waals surface area (Å²) in [6.07, 6.45) is 7.69. The van der Waals surface area contributed by atoms with Crippen LogP contribution in [0, 0.1) is 6.92 Å². The zero-order valence-electron chi connectivity index (χ0n) is 16.6. The zero-order valence-corrected chi connectivity index (χ0v) is 18.9. The van der Waals surface area contributed by atoms with Crippen molar-refractivity contribution < 1.29 is 9.47 Å². The van der Waals surface area contributed by atoms with E-state index in [-0.39, 0.29) is 30.1 Å². The zero-order chi connectivity index (χ0) is 18.9. The van der Waals surface area contributed by atoms with Gasteiger partial charge >= 0.3 is 0 Å². The van der Waals surface area contributed by atoms with E-state index in [1.165, 1.54) is 5.56 Å². The number of nitrogens with zero attached hydrogens (tertiary/aromatic N) is 3. The Hall–Kier alpha value is -1.81. The molecule has 2 aromatic rings. The number of halogens is 1. The van der Waals surface area contributed by atoms with E-state index < -0.39 is 0 Å². The van der Waals surface area contributed by atoms with E-state index in [0.717, 1.165) is 49.8 Å². The van der Waals surface area contributed by atoms with Gasteiger partial charge in [0.15, 0.2) is 5.96 Å². The van der Waals surface area contributed by atoms with Crippen LogP contribution < -0.4 is 15.4 Å². The van der Waals surface area contributed by atoms with Crippen molar-refractivity contribution >= 4 is 29.9 Å². The summed E-state index contributed by atoms with van der Waals surface area (Å²) in [6, 6.07) is 6.31. The summed E-state index contributed by atoms with van der Waals surface area (Å²) in [7, 11) is 1.79. The van der Waals surface area contributed by atoms with Crippen LogP contribution in [0.4, 0.5) is 0 Å². The summed E-state index contributed by atoms with van der Waals surface area (Å²) in [5.74, 6) is 1.71. The fraction of sp³-hybridized carbons (Fsp3) is 0.500. The lowest BCUT2D eigenvalue weighted by atomic mass is 10.1. The highest BCUT2D eigenvalue weighted by atomic mass is 127. The number of imidazole rings is 1. The number of hydrogen-bond donors (Lipinski definition) is 2. The molecule has 1 fully saturated rings. The molecular formula is C20H30IN5O2. The second-order valence-corrected chi connectivity index (χ2v) is 6.72. The number of aromatic nitrogens is 2. The van der Waals surface area contributed by atoms with Gasteiger partial charge in [-0.15, -0.1) is 24.0 Å². The number of nitrogens with one attached hydrogen (secondary N) is 2. The molecule has 3 rings (SSSR count). The van der Waals surface area contributed by atoms with Gasteiger partial charge in [0.25, 0.3) is 0 Å². The average molecular weight is 499 g/mol. The molecule has 2 heterocycles. The fourth-order valence-corrected chi connectivity index (χ4v) is 2.99. The number of ether oxygens (including phenoxy) is 2. The molecule has 1 aliphatic rings. The Morgan fingerprint density at radius 3 is 3.00 bits per heavy atom. The molecule has 1 aliphatic heterocycles. The van der Waals surface area contributed by atoms with Crippen molar-refractivity contribution in [3.05, 3.63) is 48.0 Å². The van der Waals surface area contributed by atoms with E-state index >= 15 is 0 Å². The smallest absolute Gasteiger partial charge is 0.191 e. The fourth-order valence-electron chi connectivity index (χ4n) is 2.99. The van der Waals surface area contributed by atoms with Crippen LogP contribution >= 0.6 is 24.0 Å². The molecule has 0 radical (unpaired) electrons. The molecule has 0 spiro atoms. The Morgan fingerprint density at radius 2 is 2.29 bits per heavy atom. The van der Waals surface area contributed by atoms with Gasteiger partial charge in [0, 0.05) is 51.1 Å². The van der Waals surface area contributed by atoms with E-state index in [1.807, 2.05) is 12.5 Å². The van der Waals surface area contributed by atoms with E-state index in [1.54, 1.807) is 13.2 Å². The average Bonchev–Trinajstić information content (AvgIpc) is 3.36. The molecule has 154 valence electrons. The molecule has 2 N–H and O–H groups in total. The van der Waals surface area contributed by atoms with Crippen molar-refractivity contribution in [1.82, 2.24) is 20.2 Å². The van der Waals surface area contributed by atoms with Crippen molar-refractivity contribution in [2.24, 2.45) is 4.99 Å². The maximum atomic E-state index is 6.16. The SMILES string of the molecule is CN=C(NCCCn1ccnc1)NCc1ccc(C)cc1OC1CCOC1.I. The summed E-state index contributed by atoms with van der Waals surface area (Å²) in [6.45, 7) is 5.96. The summed E-state index contributed by atoms with van der Waals surface area (Å²) in [4.78, 5) is 8.36. The second-order valence-electron chi connectivity index (χ2n) is 6.72. The molecule has 1 aromatic heterocycles. The highest BCUT2D eigenvalue weighted by Crippen LogP contribution is 2.23. The van der Waals surface area contributed by atoms with Crippen LogP contribution in [0.25, 0.3) is 0 Å². The topological polar surface area (TPSA) is 72.7 Å². The molecule has 1 unspecified atom stereocenters. The minimum Gasteiger partial charge on any atom is -0.488 e. The third-order valence-electron chi connectivity index (χ3n) is 4.52. The van der Waals surface area contributed by atoms with Gasteiger partial charge in [-0.05, 0) is 25.0 Å². The molecule has 7 nitrogen and oxygen atoms in total. The molecule has 1 atom stereocenters. The number of aryl methyl sites for hydroxylation is 2. The van der Waals surface area contributed by atoms with Crippen LogP contribution in [0.3, 0.4) is 0 Å². The first-order valence-electron chi connectivity index (χ1n) is 9.49. The lowest BCUT2D eigenvalue weighted by molar-refractivity contribution is 0.140. The van der Waals surface area contributed by atoms with Crippen LogP contribution in [0.1, 0.15) is 24.0 Å². The highest BCUT2D eigenvalue weighted by molar-refractivity contribution is 14.0. The summed E-state index contributed by atoms with van der Waals surface area (Å²) >= 11 is 0. The number of benzene rings is 1. The van der Waals surface area contributed by atoms with Gasteiger partial charge in [-0.25, -0.2) is 4.98 Å². The van der Waals surface area contributed by atoms with Crippen LogP contribution in [0.15, 0.2) is 41.9 Å². The van der Waals surface area contributed by atoms with E-state index in [9.17, 15) is 0 Å². The maximum Gasteiger partial charge on any atom is 0.191 e. The van der Waals surface area contributed by atoms with Crippen molar-refractivity contribution in [1.29, 1.82) is 0 Å². The highest BCUT2D eigenvalue weighted by Gasteiger charge is 2.18. The second kappa shape index (κ2) is 11.9. The molecule has 1 saturated heterocycles. The molecule has 0 amide bonds. The lowest BCUT2D eigenvalue weighted by Crippen LogP contribution is -2.37. The van der Waals surface area contributed by atoms with E-state index in [2.05, 4.69) is 50.3 Å². The third-order valence-corrected chi connectivity index (χ3v) is 4.52. The van der Waals surface area contributed by atoms with Gasteiger partial charge in [0.05, 0.1) is 19.5 Å². The van der Waals surface area contributed by atoms with Gasteiger partial charge in [-0.2, -0.15) is 0 Å². The van der Waals surface area contributed by atoms with E-state index in [4.69, 9.17) is 9.47 Å². The number of rotatable bonds is 8. The molecule has 8 heteroatoms. The van der Waals surface area contributed by atoms with Crippen molar-refractivity contribution in [3.63, 3.8) is 0 Å². The first-order chi connectivity index (χ1) is 13.2. The first-order valence-corrected chi connectivity index (χ1v) is 9.49. The monoisotopic (exact) mass is 499 g/mol. The van der Waals surface area contributed by atoms with Crippen molar-refractivity contribution in [2.75, 3.05) is 26.8 Å². The molecule has 0 aliphatic carbocycles. The summed E-state index contributed by atoms with van der Waals surface area (Å²) in [5, 5.41) is 6.72. The number of aliphatic imine (C=N–C) groups is 1. The lowest BCUT2D eigenvalue weighted by Gasteiger charge is -2.18. The van der Waals surface area contributed by atoms with Crippen LogP contribution in [-0.4, -0.2) is 48.4 Å². The standard InChI is InChI=1S/C20H29N5O2.HI/c1-16-4-5-17(19(12-16)27-18-6-11-26-14-18)13-24-20(21-2)23-7-3-9-25-10-8-22-15-25;/h4-5,8,10,12,15,18H,3,6-7,9,11,13-14H2,1-2H3,(H2,21,23,24);1H. The van der Waals surface area contributed by atoms with Crippen LogP contribution in [0.5, 0.6) is 5.75 Å². The largest absolute Gasteiger partial charge is 0.488 e. The Morgan fingerprint density at radius 1 is 1.39 bits per heavy atom. The number of hydrogen-bond acceptors (Lipinski definition) is 4. The molecule has 28 heavy (non-hydrogen) atoms. The van der Waals surface area contributed by atoms with E-state index in [0.29, 0.717) is 13.2 Å². The summed E-state index contributed by atoms with van der Waals surface area (Å²) < 4.78 is 13.7. The Kier molecular flexibility index (Phi) is 9.56. The molecule has 0 saturated carbocycles. The quantitative estimate of drug-likeness (QED) is 0.253.